The molecule has 0 atom stereocenters. The lowest BCUT2D eigenvalue weighted by Crippen LogP contribution is -2.39. The third kappa shape index (κ3) is 4.32. The molecular weight excluding hydrogens is 473 g/mol. The van der Waals surface area contributed by atoms with Crippen LogP contribution in [0.2, 0.25) is 10.0 Å². The first kappa shape index (κ1) is 21.5. The van der Waals surface area contributed by atoms with E-state index in [1.807, 2.05) is 10.3 Å². The number of thiazole rings is 1. The molecule has 0 radical (unpaired) electrons. The lowest BCUT2D eigenvalue weighted by atomic mass is 10.1. The average Bonchev–Trinajstić information content (AvgIpc) is 3.17. The van der Waals surface area contributed by atoms with E-state index in [2.05, 4.69) is 4.98 Å². The zero-order valence-electron chi connectivity index (χ0n) is 15.5. The van der Waals surface area contributed by atoms with Gasteiger partial charge in [0.05, 0.1) is 20.9 Å². The number of nitrogens with zero attached hydrogens (tertiary/aromatic N) is 2. The Kier molecular flexibility index (Phi) is 6.03. The smallest absolute Gasteiger partial charge is 0.185 e. The normalized spacial score (nSPS) is 15.5. The lowest BCUT2D eigenvalue weighted by molar-refractivity contribution is 0.529. The molecule has 3 aromatic rings. The van der Waals surface area contributed by atoms with Crippen LogP contribution in [0.1, 0.15) is 12.8 Å². The highest BCUT2D eigenvalue weighted by atomic mass is 35.5. The van der Waals surface area contributed by atoms with E-state index < -0.39 is 26.7 Å². The Bertz CT molecular complexity index is 1170. The van der Waals surface area contributed by atoms with Crippen LogP contribution in [-0.2, 0) is 9.84 Å². The lowest BCUT2D eigenvalue weighted by Gasteiger charge is -2.31. The molecule has 0 N–H and O–H groups in total. The van der Waals surface area contributed by atoms with E-state index in [1.54, 1.807) is 6.07 Å². The van der Waals surface area contributed by atoms with Crippen molar-refractivity contribution in [3.05, 3.63) is 63.5 Å². The number of piperidine rings is 1. The summed E-state index contributed by atoms with van der Waals surface area (Å²) in [6.45, 7) is 0.999. The van der Waals surface area contributed by atoms with E-state index in [1.165, 1.54) is 29.5 Å². The molecule has 0 spiro atoms. The minimum Gasteiger partial charge on any atom is -0.348 e. The first-order valence-corrected chi connectivity index (χ1v) is 12.3. The van der Waals surface area contributed by atoms with Gasteiger partial charge in [-0.1, -0.05) is 23.2 Å². The van der Waals surface area contributed by atoms with Crippen LogP contribution in [0.25, 0.3) is 11.3 Å². The van der Waals surface area contributed by atoms with Crippen molar-refractivity contribution in [1.82, 2.24) is 4.98 Å². The molecule has 10 heteroatoms. The van der Waals surface area contributed by atoms with Gasteiger partial charge in [0.2, 0.25) is 0 Å². The number of halogens is 4. The Labute approximate surface area is 187 Å². The molecule has 30 heavy (non-hydrogen) atoms. The molecule has 1 saturated heterocycles. The van der Waals surface area contributed by atoms with E-state index in [9.17, 15) is 17.2 Å². The summed E-state index contributed by atoms with van der Waals surface area (Å²) in [6.07, 6.45) is 0.799. The van der Waals surface area contributed by atoms with Crippen LogP contribution in [-0.4, -0.2) is 31.7 Å². The highest BCUT2D eigenvalue weighted by Crippen LogP contribution is 2.34. The summed E-state index contributed by atoms with van der Waals surface area (Å²) in [5.41, 5.74) is 1.20. The van der Waals surface area contributed by atoms with Crippen molar-refractivity contribution in [2.75, 3.05) is 18.0 Å². The predicted octanol–water partition coefficient (Wildman–Crippen LogP) is 5.84. The van der Waals surface area contributed by atoms with Crippen molar-refractivity contribution in [1.29, 1.82) is 0 Å². The number of hydrogen-bond donors (Lipinski definition) is 0. The third-order valence-corrected chi connectivity index (χ3v) is 8.86. The number of hydrogen-bond acceptors (Lipinski definition) is 5. The fourth-order valence-corrected chi connectivity index (χ4v) is 6.87. The highest BCUT2D eigenvalue weighted by molar-refractivity contribution is 7.92. The van der Waals surface area contributed by atoms with Crippen molar-refractivity contribution in [2.45, 2.75) is 23.0 Å². The van der Waals surface area contributed by atoms with Crippen LogP contribution in [0.3, 0.4) is 0 Å². The quantitative estimate of drug-likeness (QED) is 0.433. The largest absolute Gasteiger partial charge is 0.348 e. The monoisotopic (exact) mass is 488 g/mol. The van der Waals surface area contributed by atoms with Gasteiger partial charge < -0.3 is 4.90 Å². The maximum absolute atomic E-state index is 13.6. The van der Waals surface area contributed by atoms with Gasteiger partial charge in [0.15, 0.2) is 15.0 Å². The summed E-state index contributed by atoms with van der Waals surface area (Å²) < 4.78 is 52.7. The summed E-state index contributed by atoms with van der Waals surface area (Å²) in [5.74, 6) is -1.01. The topological polar surface area (TPSA) is 50.3 Å². The molecule has 0 amide bonds. The van der Waals surface area contributed by atoms with Crippen molar-refractivity contribution in [3.63, 3.8) is 0 Å². The SMILES string of the molecule is O=S(=O)(c1ccc(F)cc1Cl)C1CCN(c2nc(-c3cc(F)cc(Cl)c3)cs2)CC1. The maximum Gasteiger partial charge on any atom is 0.185 e. The standard InChI is InChI=1S/C20H16Cl2F2N2O2S2/c21-13-7-12(8-15(24)9-13)18-11-29-20(25-18)26-5-3-16(4-6-26)30(27,28)19-2-1-14(23)10-17(19)22/h1-2,7-11,16H,3-6H2. The number of aromatic nitrogens is 1. The Hall–Kier alpha value is -1.74. The van der Waals surface area contributed by atoms with Crippen molar-refractivity contribution in [2.24, 2.45) is 0 Å². The predicted molar refractivity (Wildman–Crippen MR) is 116 cm³/mol. The molecule has 1 aliphatic heterocycles. The van der Waals surface area contributed by atoms with Gasteiger partial charge in [-0.25, -0.2) is 22.2 Å². The molecule has 0 bridgehead atoms. The molecule has 158 valence electrons. The number of sulfone groups is 1. The van der Waals surface area contributed by atoms with Crippen LogP contribution in [0.15, 0.2) is 46.7 Å². The zero-order valence-corrected chi connectivity index (χ0v) is 18.6. The van der Waals surface area contributed by atoms with Gasteiger partial charge in [0, 0.05) is 29.1 Å². The van der Waals surface area contributed by atoms with Crippen LogP contribution in [0, 0.1) is 11.6 Å². The van der Waals surface area contributed by atoms with E-state index in [0.717, 1.165) is 17.3 Å². The van der Waals surface area contributed by atoms with Crippen molar-refractivity contribution < 1.29 is 17.2 Å². The Balaban J connectivity index is 1.48. The second-order valence-corrected chi connectivity index (χ2v) is 10.9. The van der Waals surface area contributed by atoms with Gasteiger partial charge in [-0.3, -0.25) is 0 Å². The highest BCUT2D eigenvalue weighted by Gasteiger charge is 2.33. The van der Waals surface area contributed by atoms with Gasteiger partial charge in [-0.15, -0.1) is 11.3 Å². The summed E-state index contributed by atoms with van der Waals surface area (Å²) >= 11 is 13.3. The second-order valence-electron chi connectivity index (χ2n) is 6.98. The van der Waals surface area contributed by atoms with E-state index in [4.69, 9.17) is 23.2 Å². The third-order valence-electron chi connectivity index (χ3n) is 5.00. The maximum atomic E-state index is 13.6. The van der Waals surface area contributed by atoms with Crippen LogP contribution >= 0.6 is 34.5 Å². The molecule has 1 aliphatic rings. The van der Waals surface area contributed by atoms with Gasteiger partial charge in [0.1, 0.15) is 11.6 Å². The van der Waals surface area contributed by atoms with Crippen LogP contribution in [0.4, 0.5) is 13.9 Å². The first-order chi connectivity index (χ1) is 14.2. The molecular formula is C20H16Cl2F2N2O2S2. The van der Waals surface area contributed by atoms with Crippen LogP contribution in [0.5, 0.6) is 0 Å². The minimum atomic E-state index is -3.66. The molecule has 4 nitrogen and oxygen atoms in total. The van der Waals surface area contributed by atoms with E-state index >= 15 is 0 Å². The molecule has 0 unspecified atom stereocenters. The fraction of sp³-hybridized carbons (Fsp3) is 0.250. The average molecular weight is 489 g/mol. The van der Waals surface area contributed by atoms with Crippen LogP contribution < -0.4 is 4.90 Å². The fourth-order valence-electron chi connectivity index (χ4n) is 3.49. The molecule has 1 aromatic heterocycles. The number of rotatable bonds is 4. The van der Waals surface area contributed by atoms with Gasteiger partial charge in [0.25, 0.3) is 0 Å². The van der Waals surface area contributed by atoms with Gasteiger partial charge in [-0.2, -0.15) is 0 Å². The van der Waals surface area contributed by atoms with E-state index in [-0.39, 0.29) is 9.92 Å². The van der Waals surface area contributed by atoms with Gasteiger partial charge >= 0.3 is 0 Å². The Morgan fingerprint density at radius 2 is 1.77 bits per heavy atom. The summed E-state index contributed by atoms with van der Waals surface area (Å²) in [6, 6.07) is 7.58. The Morgan fingerprint density at radius 3 is 2.43 bits per heavy atom. The van der Waals surface area contributed by atoms with Crippen molar-refractivity contribution in [3.8, 4) is 11.3 Å². The molecule has 4 rings (SSSR count). The second kappa shape index (κ2) is 8.42. The Morgan fingerprint density at radius 1 is 1.03 bits per heavy atom. The number of benzene rings is 2. The minimum absolute atomic E-state index is 0.0384. The summed E-state index contributed by atoms with van der Waals surface area (Å²) in [4.78, 5) is 6.53. The summed E-state index contributed by atoms with van der Waals surface area (Å²) in [7, 11) is -3.66. The first-order valence-electron chi connectivity index (χ1n) is 9.10. The molecule has 2 aromatic carbocycles. The van der Waals surface area contributed by atoms with Gasteiger partial charge in [-0.05, 0) is 49.2 Å². The number of anilines is 1. The molecule has 1 fully saturated rings. The van der Waals surface area contributed by atoms with Crippen molar-refractivity contribution >= 4 is 49.5 Å². The molecule has 2 heterocycles. The zero-order chi connectivity index (χ0) is 21.5. The molecule has 0 aliphatic carbocycles. The van der Waals surface area contributed by atoms with E-state index in [0.29, 0.717) is 42.2 Å². The molecule has 0 saturated carbocycles. The summed E-state index contributed by atoms with van der Waals surface area (Å²) in [5, 5.41) is 2.15.